The number of rotatable bonds is 10. The molecule has 0 bridgehead atoms. The van der Waals surface area contributed by atoms with Crippen molar-refractivity contribution in [2.45, 2.75) is 36.5 Å². The standard InChI is InChI=1S/2C10H15N2O2S.Cu/c2*1-9-3-5-10(6-4-9)15(13,14)12-8-2-7-11;/h2*3-6H,2,7-8,11H2,1H3;/q2*-1;+2. The van der Waals surface area contributed by atoms with E-state index in [4.69, 9.17) is 11.5 Å². The quantitative estimate of drug-likeness (QED) is 0.365. The zero-order valence-corrected chi connectivity index (χ0v) is 20.2. The molecule has 0 fully saturated rings. The van der Waals surface area contributed by atoms with Gasteiger partial charge in [0, 0.05) is 9.79 Å². The molecule has 177 valence electrons. The van der Waals surface area contributed by atoms with E-state index in [1.54, 1.807) is 48.5 Å². The van der Waals surface area contributed by atoms with E-state index in [0.29, 0.717) is 25.9 Å². The van der Waals surface area contributed by atoms with E-state index < -0.39 is 20.0 Å². The van der Waals surface area contributed by atoms with Crippen molar-refractivity contribution in [3.8, 4) is 0 Å². The second-order valence-corrected chi connectivity index (χ2v) is 9.93. The van der Waals surface area contributed by atoms with Crippen LogP contribution in [0.4, 0.5) is 0 Å². The molecule has 0 aliphatic heterocycles. The molecule has 0 spiro atoms. The number of benzene rings is 2. The Morgan fingerprint density at radius 1 is 0.645 bits per heavy atom. The van der Waals surface area contributed by atoms with E-state index in [0.717, 1.165) is 11.1 Å². The third kappa shape index (κ3) is 11.2. The minimum Gasteiger partial charge on any atom is -0.545 e. The van der Waals surface area contributed by atoms with Crippen LogP contribution in [0, 0.1) is 13.8 Å². The third-order valence-electron chi connectivity index (χ3n) is 3.88. The van der Waals surface area contributed by atoms with Gasteiger partial charge in [0.1, 0.15) is 20.0 Å². The zero-order chi connectivity index (χ0) is 22.6. The van der Waals surface area contributed by atoms with Crippen molar-refractivity contribution >= 4 is 20.0 Å². The van der Waals surface area contributed by atoms with E-state index in [1.165, 1.54) is 0 Å². The Morgan fingerprint density at radius 2 is 0.935 bits per heavy atom. The summed E-state index contributed by atoms with van der Waals surface area (Å²) < 4.78 is 53.7. The van der Waals surface area contributed by atoms with Crippen LogP contribution in [0.2, 0.25) is 0 Å². The summed E-state index contributed by atoms with van der Waals surface area (Å²) in [6.45, 7) is 5.23. The van der Waals surface area contributed by atoms with Crippen LogP contribution >= 0.6 is 0 Å². The van der Waals surface area contributed by atoms with Crippen LogP contribution in [0.15, 0.2) is 58.3 Å². The van der Waals surface area contributed by atoms with Gasteiger partial charge in [-0.25, -0.2) is 16.8 Å². The molecule has 2 rings (SSSR count). The van der Waals surface area contributed by atoms with Gasteiger partial charge in [-0.05, 0) is 51.2 Å². The molecule has 0 unspecified atom stereocenters. The topological polar surface area (TPSA) is 149 Å². The Kier molecular flexibility index (Phi) is 14.1. The Balaban J connectivity index is 0.000000562. The minimum atomic E-state index is -3.48. The largest absolute Gasteiger partial charge is 2.00 e. The average molecular weight is 518 g/mol. The molecular weight excluding hydrogens is 488 g/mol. The molecule has 2 aromatic rings. The first-order valence-electron chi connectivity index (χ1n) is 9.53. The molecule has 2 aromatic carbocycles. The molecule has 11 heteroatoms. The smallest absolute Gasteiger partial charge is 0.545 e. The monoisotopic (exact) mass is 517 g/mol. The Hall–Kier alpha value is -1.30. The van der Waals surface area contributed by atoms with Crippen LogP contribution in [-0.2, 0) is 37.1 Å². The molecule has 0 amide bonds. The maximum absolute atomic E-state index is 11.6. The predicted molar refractivity (Wildman–Crippen MR) is 121 cm³/mol. The third-order valence-corrected chi connectivity index (χ3v) is 6.67. The summed E-state index contributed by atoms with van der Waals surface area (Å²) in [5, 5.41) is 0. The van der Waals surface area contributed by atoms with Gasteiger partial charge in [0.2, 0.25) is 0 Å². The van der Waals surface area contributed by atoms with Crippen LogP contribution in [0.3, 0.4) is 0 Å². The van der Waals surface area contributed by atoms with E-state index in [-0.39, 0.29) is 39.9 Å². The Morgan fingerprint density at radius 3 is 1.19 bits per heavy atom. The average Bonchev–Trinajstić information content (AvgIpc) is 2.69. The van der Waals surface area contributed by atoms with Crippen molar-refractivity contribution in [2.75, 3.05) is 26.2 Å². The van der Waals surface area contributed by atoms with Crippen molar-refractivity contribution in [3.05, 3.63) is 69.1 Å². The van der Waals surface area contributed by atoms with E-state index in [1.807, 2.05) is 13.8 Å². The van der Waals surface area contributed by atoms with Gasteiger partial charge >= 0.3 is 17.1 Å². The number of nitrogens with two attached hydrogens (primary N) is 2. The van der Waals surface area contributed by atoms with Crippen LogP contribution < -0.4 is 11.5 Å². The SMILES string of the molecule is Cc1ccc(S(=O)(=O)[N-]CCCN)cc1.Cc1ccc(S(=O)(=O)[N-]CCCN)cc1.[Cu+2]. The number of hydrogen-bond acceptors (Lipinski definition) is 6. The van der Waals surface area contributed by atoms with Crippen molar-refractivity contribution in [1.29, 1.82) is 0 Å². The predicted octanol–water partition coefficient (Wildman–Crippen LogP) is 2.81. The Labute approximate surface area is 196 Å². The van der Waals surface area contributed by atoms with Crippen LogP contribution in [-0.4, -0.2) is 43.0 Å². The molecule has 31 heavy (non-hydrogen) atoms. The molecule has 0 aliphatic carbocycles. The number of hydrogen-bond donors (Lipinski definition) is 2. The summed E-state index contributed by atoms with van der Waals surface area (Å²) in [5.41, 5.74) is 12.6. The van der Waals surface area contributed by atoms with Gasteiger partial charge in [-0.3, -0.25) is 0 Å². The second-order valence-electron chi connectivity index (χ2n) is 6.57. The molecular formula is C20H30CuN4O4S2. The van der Waals surface area contributed by atoms with Crippen LogP contribution in [0.25, 0.3) is 9.44 Å². The molecule has 1 radical (unpaired) electrons. The summed E-state index contributed by atoms with van der Waals surface area (Å²) in [6.07, 6.45) is 1.18. The summed E-state index contributed by atoms with van der Waals surface area (Å²) in [4.78, 5) is 0.482. The van der Waals surface area contributed by atoms with Gasteiger partial charge < -0.3 is 20.9 Å². The molecule has 0 aromatic heterocycles. The number of nitrogens with zero attached hydrogens (tertiary/aromatic N) is 2. The van der Waals surface area contributed by atoms with E-state index >= 15 is 0 Å². The van der Waals surface area contributed by atoms with Crippen molar-refractivity contribution in [3.63, 3.8) is 0 Å². The number of aryl methyl sites for hydroxylation is 2. The normalized spacial score (nSPS) is 11.2. The van der Waals surface area contributed by atoms with Gasteiger partial charge in [-0.2, -0.15) is 0 Å². The summed E-state index contributed by atoms with van der Waals surface area (Å²) in [7, 11) is -6.96. The molecule has 4 N–H and O–H groups in total. The van der Waals surface area contributed by atoms with Crippen molar-refractivity contribution in [2.24, 2.45) is 11.5 Å². The molecule has 8 nitrogen and oxygen atoms in total. The first kappa shape index (κ1) is 29.7. The van der Waals surface area contributed by atoms with Gasteiger partial charge in [-0.1, -0.05) is 48.2 Å². The van der Waals surface area contributed by atoms with Crippen molar-refractivity contribution in [1.82, 2.24) is 0 Å². The molecule has 0 heterocycles. The first-order valence-corrected chi connectivity index (χ1v) is 12.4. The molecule has 0 saturated heterocycles. The van der Waals surface area contributed by atoms with Gasteiger partial charge in [0.15, 0.2) is 0 Å². The van der Waals surface area contributed by atoms with Gasteiger partial charge in [0.25, 0.3) is 0 Å². The summed E-state index contributed by atoms with van der Waals surface area (Å²) >= 11 is 0. The second kappa shape index (κ2) is 14.7. The fraction of sp³-hybridized carbons (Fsp3) is 0.400. The summed E-state index contributed by atoms with van der Waals surface area (Å²) in [5.74, 6) is 0. The molecule has 0 saturated carbocycles. The number of sulfonamides is 2. The first-order chi connectivity index (χ1) is 14.1. The zero-order valence-electron chi connectivity index (χ0n) is 17.7. The van der Waals surface area contributed by atoms with E-state index in [9.17, 15) is 16.8 Å². The Bertz CT molecular complexity index is 884. The molecule has 0 atom stereocenters. The fourth-order valence-electron chi connectivity index (χ4n) is 2.12. The van der Waals surface area contributed by atoms with Gasteiger partial charge in [0.05, 0.1) is 0 Å². The maximum atomic E-state index is 11.6. The fourth-order valence-corrected chi connectivity index (χ4v) is 4.12. The molecule has 0 aliphatic rings. The summed E-state index contributed by atoms with van der Waals surface area (Å²) in [6, 6.07) is 13.3. The van der Waals surface area contributed by atoms with Gasteiger partial charge in [-0.15, -0.1) is 13.1 Å². The van der Waals surface area contributed by atoms with E-state index in [2.05, 4.69) is 9.44 Å². The maximum Gasteiger partial charge on any atom is 2.00 e. The minimum absolute atomic E-state index is 0. The van der Waals surface area contributed by atoms with Crippen LogP contribution in [0.5, 0.6) is 0 Å². The van der Waals surface area contributed by atoms with Crippen LogP contribution in [0.1, 0.15) is 24.0 Å². The van der Waals surface area contributed by atoms with Crippen molar-refractivity contribution < 1.29 is 33.9 Å².